The summed E-state index contributed by atoms with van der Waals surface area (Å²) in [4.78, 5) is 22.3. The van der Waals surface area contributed by atoms with Gasteiger partial charge in [0.25, 0.3) is 0 Å². The Kier molecular flexibility index (Phi) is 2.92. The van der Waals surface area contributed by atoms with E-state index in [1.54, 1.807) is 12.1 Å². The van der Waals surface area contributed by atoms with Crippen molar-refractivity contribution in [2.24, 2.45) is 0 Å². The SMILES string of the molecule is O=Cc1cc2cc3c(cc2oc1=O)C#CCCCC3. The van der Waals surface area contributed by atoms with Crippen LogP contribution < -0.4 is 5.63 Å². The first-order valence-corrected chi connectivity index (χ1v) is 6.33. The molecule has 1 aromatic carbocycles. The third-order valence-corrected chi connectivity index (χ3v) is 3.33. The summed E-state index contributed by atoms with van der Waals surface area (Å²) in [5.41, 5.74) is 2.04. The zero-order chi connectivity index (χ0) is 13.2. The molecular weight excluding hydrogens is 240 g/mol. The molecule has 2 aromatic rings. The highest BCUT2D eigenvalue weighted by atomic mass is 16.4. The van der Waals surface area contributed by atoms with Gasteiger partial charge in [-0.1, -0.05) is 11.8 Å². The molecule has 0 spiro atoms. The first-order valence-electron chi connectivity index (χ1n) is 6.33. The van der Waals surface area contributed by atoms with Crippen molar-refractivity contribution in [1.82, 2.24) is 0 Å². The predicted molar refractivity (Wildman–Crippen MR) is 72.3 cm³/mol. The largest absolute Gasteiger partial charge is 0.422 e. The highest BCUT2D eigenvalue weighted by Gasteiger charge is 2.09. The van der Waals surface area contributed by atoms with Gasteiger partial charge in [-0.2, -0.15) is 0 Å². The number of hydrogen-bond acceptors (Lipinski definition) is 3. The van der Waals surface area contributed by atoms with Crippen LogP contribution in [0.1, 0.15) is 40.7 Å². The van der Waals surface area contributed by atoms with E-state index >= 15 is 0 Å². The smallest absolute Gasteiger partial charge is 0.346 e. The Morgan fingerprint density at radius 2 is 2.11 bits per heavy atom. The fourth-order valence-corrected chi connectivity index (χ4v) is 2.32. The van der Waals surface area contributed by atoms with Crippen molar-refractivity contribution >= 4 is 17.3 Å². The van der Waals surface area contributed by atoms with Gasteiger partial charge < -0.3 is 4.42 Å². The summed E-state index contributed by atoms with van der Waals surface area (Å²) in [7, 11) is 0. The molecule has 94 valence electrons. The molecule has 19 heavy (non-hydrogen) atoms. The lowest BCUT2D eigenvalue weighted by Crippen LogP contribution is -2.06. The zero-order valence-electron chi connectivity index (χ0n) is 10.4. The molecule has 1 aromatic heterocycles. The van der Waals surface area contributed by atoms with Gasteiger partial charge in [-0.25, -0.2) is 4.79 Å². The number of aldehydes is 1. The van der Waals surface area contributed by atoms with Gasteiger partial charge in [0.05, 0.1) is 0 Å². The van der Waals surface area contributed by atoms with E-state index in [2.05, 4.69) is 11.8 Å². The van der Waals surface area contributed by atoms with Gasteiger partial charge in [0, 0.05) is 17.4 Å². The quantitative estimate of drug-likeness (QED) is 0.445. The van der Waals surface area contributed by atoms with Crippen molar-refractivity contribution in [3.63, 3.8) is 0 Å². The molecule has 3 nitrogen and oxygen atoms in total. The number of carbonyl (C=O) groups is 1. The Labute approximate surface area is 110 Å². The number of fused-ring (bicyclic) bond motifs is 2. The van der Waals surface area contributed by atoms with E-state index in [1.165, 1.54) is 0 Å². The van der Waals surface area contributed by atoms with E-state index in [0.29, 0.717) is 11.9 Å². The maximum atomic E-state index is 11.5. The molecule has 0 amide bonds. The maximum absolute atomic E-state index is 11.5. The molecule has 0 N–H and O–H groups in total. The first kappa shape index (κ1) is 11.7. The van der Waals surface area contributed by atoms with Gasteiger partial charge in [-0.3, -0.25) is 4.79 Å². The van der Waals surface area contributed by atoms with Crippen LogP contribution in [0, 0.1) is 11.8 Å². The highest BCUT2D eigenvalue weighted by molar-refractivity contribution is 5.85. The minimum Gasteiger partial charge on any atom is -0.422 e. The molecule has 0 aliphatic heterocycles. The molecule has 0 saturated heterocycles. The summed E-state index contributed by atoms with van der Waals surface area (Å²) in [6.45, 7) is 0. The van der Waals surface area contributed by atoms with Crippen LogP contribution in [0.3, 0.4) is 0 Å². The van der Waals surface area contributed by atoms with Crippen LogP contribution in [0.5, 0.6) is 0 Å². The van der Waals surface area contributed by atoms with E-state index in [0.717, 1.165) is 42.2 Å². The average molecular weight is 252 g/mol. The topological polar surface area (TPSA) is 47.3 Å². The van der Waals surface area contributed by atoms with Crippen LogP contribution in [-0.4, -0.2) is 6.29 Å². The number of carbonyl (C=O) groups excluding carboxylic acids is 1. The van der Waals surface area contributed by atoms with Crippen molar-refractivity contribution in [3.05, 3.63) is 45.3 Å². The van der Waals surface area contributed by atoms with Crippen LogP contribution in [0.2, 0.25) is 0 Å². The highest BCUT2D eigenvalue weighted by Crippen LogP contribution is 2.22. The lowest BCUT2D eigenvalue weighted by Gasteiger charge is -2.08. The molecule has 1 aliphatic rings. The second-order valence-corrected chi connectivity index (χ2v) is 4.66. The Bertz CT molecular complexity index is 772. The Morgan fingerprint density at radius 1 is 1.21 bits per heavy atom. The summed E-state index contributed by atoms with van der Waals surface area (Å²) in [5, 5.41) is 0.780. The summed E-state index contributed by atoms with van der Waals surface area (Å²) in [6.07, 6.45) is 4.61. The molecule has 1 aliphatic carbocycles. The van der Waals surface area contributed by atoms with E-state index in [-0.39, 0.29) is 5.56 Å². The number of benzene rings is 1. The van der Waals surface area contributed by atoms with Crippen molar-refractivity contribution in [2.75, 3.05) is 0 Å². The summed E-state index contributed by atoms with van der Waals surface area (Å²) in [6, 6.07) is 5.36. The van der Waals surface area contributed by atoms with E-state index in [1.807, 2.05) is 6.07 Å². The molecule has 0 atom stereocenters. The van der Waals surface area contributed by atoms with Crippen molar-refractivity contribution in [1.29, 1.82) is 0 Å². The van der Waals surface area contributed by atoms with E-state index in [9.17, 15) is 9.59 Å². The molecule has 3 heteroatoms. The third kappa shape index (κ3) is 2.17. The second-order valence-electron chi connectivity index (χ2n) is 4.66. The van der Waals surface area contributed by atoms with Crippen LogP contribution in [-0.2, 0) is 6.42 Å². The van der Waals surface area contributed by atoms with Crippen LogP contribution >= 0.6 is 0 Å². The molecule has 0 unspecified atom stereocenters. The minimum atomic E-state index is -0.596. The fraction of sp³-hybridized carbons (Fsp3) is 0.250. The van der Waals surface area contributed by atoms with Gasteiger partial charge in [-0.05, 0) is 43.0 Å². The third-order valence-electron chi connectivity index (χ3n) is 3.33. The second kappa shape index (κ2) is 4.74. The van der Waals surface area contributed by atoms with Crippen molar-refractivity contribution in [2.45, 2.75) is 25.7 Å². The van der Waals surface area contributed by atoms with E-state index in [4.69, 9.17) is 4.42 Å². The van der Waals surface area contributed by atoms with Crippen molar-refractivity contribution in [3.8, 4) is 11.8 Å². The molecule has 3 rings (SSSR count). The Balaban J connectivity index is 2.28. The number of hydrogen-bond donors (Lipinski definition) is 0. The number of aryl methyl sites for hydroxylation is 1. The molecule has 0 radical (unpaired) electrons. The normalized spacial score (nSPS) is 13.9. The molecular formula is C16H12O3. The van der Waals surface area contributed by atoms with Gasteiger partial charge >= 0.3 is 5.63 Å². The van der Waals surface area contributed by atoms with Gasteiger partial charge in [0.2, 0.25) is 0 Å². The van der Waals surface area contributed by atoms with Crippen LogP contribution in [0.15, 0.2) is 27.4 Å². The summed E-state index contributed by atoms with van der Waals surface area (Å²) in [5.74, 6) is 6.24. The zero-order valence-corrected chi connectivity index (χ0v) is 10.4. The molecule has 0 fully saturated rings. The fourth-order valence-electron chi connectivity index (χ4n) is 2.32. The average Bonchev–Trinajstić information content (AvgIpc) is 2.38. The minimum absolute atomic E-state index is 0.0596. The van der Waals surface area contributed by atoms with Gasteiger partial charge in [0.1, 0.15) is 11.1 Å². The summed E-state index contributed by atoms with van der Waals surface area (Å²) < 4.78 is 5.17. The standard InChI is InChI=1S/C16H12O3/c17-10-14-8-13-7-11-5-3-1-2-4-6-12(11)9-15(13)19-16(14)18/h7-10H,1-3,5H2. The van der Waals surface area contributed by atoms with Gasteiger partial charge in [0.15, 0.2) is 6.29 Å². The first-order chi connectivity index (χ1) is 9.28. The number of rotatable bonds is 1. The van der Waals surface area contributed by atoms with E-state index < -0.39 is 5.63 Å². The maximum Gasteiger partial charge on any atom is 0.346 e. The summed E-state index contributed by atoms with van der Waals surface area (Å²) >= 11 is 0. The van der Waals surface area contributed by atoms with Crippen molar-refractivity contribution < 1.29 is 9.21 Å². The van der Waals surface area contributed by atoms with Gasteiger partial charge in [-0.15, -0.1) is 0 Å². The van der Waals surface area contributed by atoms with Crippen LogP contribution in [0.25, 0.3) is 11.0 Å². The molecule has 0 saturated carbocycles. The lowest BCUT2D eigenvalue weighted by atomic mass is 9.97. The lowest BCUT2D eigenvalue weighted by molar-refractivity contribution is 0.112. The Hall–Kier alpha value is -2.34. The predicted octanol–water partition coefficient (Wildman–Crippen LogP) is 2.68. The Morgan fingerprint density at radius 3 is 2.95 bits per heavy atom. The molecule has 0 bridgehead atoms. The van der Waals surface area contributed by atoms with Crippen LogP contribution in [0.4, 0.5) is 0 Å². The monoisotopic (exact) mass is 252 g/mol. The molecule has 1 heterocycles.